The Balaban J connectivity index is 1.23. The van der Waals surface area contributed by atoms with Gasteiger partial charge < -0.3 is 9.80 Å². The van der Waals surface area contributed by atoms with Gasteiger partial charge in [0.2, 0.25) is 0 Å². The molecule has 1 aliphatic carbocycles. The van der Waals surface area contributed by atoms with E-state index in [1.165, 1.54) is 123 Å². The summed E-state index contributed by atoms with van der Waals surface area (Å²) in [5.74, 6) is 0. The van der Waals surface area contributed by atoms with E-state index in [4.69, 9.17) is 0 Å². The lowest BCUT2D eigenvalue weighted by Crippen LogP contribution is -2.62. The van der Waals surface area contributed by atoms with Gasteiger partial charge in [0.1, 0.15) is 0 Å². The lowest BCUT2D eigenvalue weighted by Gasteiger charge is -2.48. The minimum Gasteiger partial charge on any atom is -0.311 e. The fourth-order valence-corrected chi connectivity index (χ4v) is 13.4. The van der Waals surface area contributed by atoms with Crippen molar-refractivity contribution in [3.8, 4) is 33.4 Å². The minimum absolute atomic E-state index is 0.00433. The Hall–Kier alpha value is -7.36. The van der Waals surface area contributed by atoms with Crippen LogP contribution in [0.3, 0.4) is 0 Å². The molecule has 0 bridgehead atoms. The van der Waals surface area contributed by atoms with E-state index in [1.807, 2.05) is 0 Å². The van der Waals surface area contributed by atoms with Crippen LogP contribution in [0.5, 0.6) is 0 Å². The van der Waals surface area contributed by atoms with Gasteiger partial charge in [-0.05, 0) is 190 Å². The largest absolute Gasteiger partial charge is 0.311 e. The van der Waals surface area contributed by atoms with Crippen molar-refractivity contribution in [3.63, 3.8) is 0 Å². The van der Waals surface area contributed by atoms with Crippen molar-refractivity contribution >= 4 is 57.2 Å². The first kappa shape index (κ1) is 53.3. The number of hydrogen-bond donors (Lipinski definition) is 0. The van der Waals surface area contributed by atoms with Gasteiger partial charge in [-0.1, -0.05) is 231 Å². The van der Waals surface area contributed by atoms with Crippen LogP contribution in [-0.4, -0.2) is 6.71 Å². The summed E-state index contributed by atoms with van der Waals surface area (Å²) in [6.07, 6.45) is 2.28. The van der Waals surface area contributed by atoms with Gasteiger partial charge in [0, 0.05) is 39.4 Å². The zero-order valence-electron chi connectivity index (χ0n) is 50.4. The Morgan fingerprint density at radius 3 is 1.39 bits per heavy atom. The van der Waals surface area contributed by atoms with Crippen molar-refractivity contribution in [2.45, 2.75) is 149 Å². The highest BCUT2D eigenvalue weighted by Gasteiger charge is 2.48. The molecule has 9 aromatic carbocycles. The predicted octanol–water partition coefficient (Wildman–Crippen LogP) is 19.3. The van der Waals surface area contributed by atoms with E-state index in [0.717, 1.165) is 12.8 Å². The van der Waals surface area contributed by atoms with Crippen LogP contribution in [-0.2, 0) is 32.5 Å². The molecule has 0 radical (unpaired) electrons. The third kappa shape index (κ3) is 9.14. The molecule has 3 aliphatic rings. The first-order chi connectivity index (χ1) is 37.8. The van der Waals surface area contributed by atoms with E-state index in [0.29, 0.717) is 0 Å². The average molecular weight is 1050 g/mol. The maximum atomic E-state index is 2.73. The molecule has 0 aromatic heterocycles. The van der Waals surface area contributed by atoms with Crippen molar-refractivity contribution in [2.24, 2.45) is 0 Å². The van der Waals surface area contributed by atoms with E-state index in [1.54, 1.807) is 0 Å². The van der Waals surface area contributed by atoms with Gasteiger partial charge in [0.25, 0.3) is 6.71 Å². The molecule has 0 saturated heterocycles. The number of hydrogen-bond acceptors (Lipinski definition) is 2. The second-order valence-corrected chi connectivity index (χ2v) is 28.6. The zero-order valence-corrected chi connectivity index (χ0v) is 50.4. The lowest BCUT2D eigenvalue weighted by molar-refractivity contribution is 0.332. The summed E-state index contributed by atoms with van der Waals surface area (Å²) in [6.45, 7) is 36.0. The molecule has 402 valence electrons. The highest BCUT2D eigenvalue weighted by atomic mass is 15.2. The molecular formula is C77H81BN2. The number of rotatable bonds is 7. The smallest absolute Gasteiger partial charge is 0.252 e. The highest BCUT2D eigenvalue weighted by Crippen LogP contribution is 2.53. The van der Waals surface area contributed by atoms with Crippen LogP contribution in [0.15, 0.2) is 194 Å². The number of nitrogens with zero attached hydrogens (tertiary/aromatic N) is 2. The molecule has 3 heteroatoms. The molecule has 80 heavy (non-hydrogen) atoms. The van der Waals surface area contributed by atoms with Gasteiger partial charge in [0.05, 0.1) is 5.69 Å². The van der Waals surface area contributed by atoms with Gasteiger partial charge in [-0.15, -0.1) is 0 Å². The summed E-state index contributed by atoms with van der Waals surface area (Å²) in [4.78, 5) is 5.39. The maximum Gasteiger partial charge on any atom is 0.252 e. The summed E-state index contributed by atoms with van der Waals surface area (Å²) in [5, 5.41) is 0. The second-order valence-electron chi connectivity index (χ2n) is 28.6. The SMILES string of the molecule is CC(C)(C)c1cccc(N2c3cc(C(C)(C)c4ccccc4)ccc3B3c4cc5c(cc4N(c4ccc(C(C)(C)C)cc4-c4cc(-c6ccccc6)cc(-c6ccccc6)c4)c4cc(C(C)(C)C)cc2c43)C(C)(C)CCC5(C)C)c1. The van der Waals surface area contributed by atoms with Crippen LogP contribution >= 0.6 is 0 Å². The Morgan fingerprint density at radius 1 is 0.338 bits per heavy atom. The summed E-state index contributed by atoms with van der Waals surface area (Å²) < 4.78 is 0. The molecule has 12 rings (SSSR count). The van der Waals surface area contributed by atoms with Crippen LogP contribution in [0.4, 0.5) is 34.1 Å². The van der Waals surface area contributed by atoms with Crippen molar-refractivity contribution < 1.29 is 0 Å². The standard InChI is InChI=1S/C77H81BN2/c1-72(2,3)56-32-25-33-60(43-56)79-67-45-58(77(14,15)55-30-23-18-24-31-55)34-36-64(67)78-65-48-62-63(76(12,13)39-38-75(62,10)11)49-68(65)80(70-47-59(74(7,8)9)46-69(79)71(70)78)66-37-35-57(73(4,5)6)44-61(66)54-41-52(50-26-19-16-20-27-50)40-53(42-54)51-28-21-17-22-29-51/h16-37,40-49H,38-39H2,1-15H3. The first-order valence-corrected chi connectivity index (χ1v) is 29.5. The minimum atomic E-state index is -0.252. The Bertz CT molecular complexity index is 3800. The monoisotopic (exact) mass is 1040 g/mol. The number of benzene rings is 9. The van der Waals surface area contributed by atoms with Gasteiger partial charge in [-0.25, -0.2) is 0 Å². The second kappa shape index (κ2) is 18.9. The van der Waals surface area contributed by atoms with Gasteiger partial charge >= 0.3 is 0 Å². The van der Waals surface area contributed by atoms with Crippen LogP contribution in [0, 0.1) is 0 Å². The molecular weight excluding hydrogens is 964 g/mol. The average Bonchev–Trinajstić information content (AvgIpc) is 3.62. The molecule has 0 N–H and O–H groups in total. The first-order valence-electron chi connectivity index (χ1n) is 29.5. The molecule has 0 saturated carbocycles. The predicted molar refractivity (Wildman–Crippen MR) is 347 cm³/mol. The van der Waals surface area contributed by atoms with Crippen LogP contribution < -0.4 is 26.2 Å². The fourth-order valence-electron chi connectivity index (χ4n) is 13.4. The van der Waals surface area contributed by atoms with Crippen LogP contribution in [0.2, 0.25) is 0 Å². The third-order valence-electron chi connectivity index (χ3n) is 18.7. The van der Waals surface area contributed by atoms with E-state index >= 15 is 0 Å². The summed E-state index contributed by atoms with van der Waals surface area (Å²) in [5.41, 5.74) is 27.6. The van der Waals surface area contributed by atoms with Crippen molar-refractivity contribution in [2.75, 3.05) is 9.80 Å². The van der Waals surface area contributed by atoms with Gasteiger partial charge in [0.15, 0.2) is 0 Å². The molecule has 0 spiro atoms. The van der Waals surface area contributed by atoms with Crippen molar-refractivity contribution in [3.05, 3.63) is 233 Å². The van der Waals surface area contributed by atoms with Crippen molar-refractivity contribution in [1.29, 1.82) is 0 Å². The highest BCUT2D eigenvalue weighted by molar-refractivity contribution is 7.00. The van der Waals surface area contributed by atoms with Crippen LogP contribution in [0.25, 0.3) is 33.4 Å². The van der Waals surface area contributed by atoms with Gasteiger partial charge in [-0.3, -0.25) is 0 Å². The van der Waals surface area contributed by atoms with Gasteiger partial charge in [-0.2, -0.15) is 0 Å². The Morgan fingerprint density at radius 2 is 0.812 bits per heavy atom. The number of anilines is 6. The molecule has 2 heterocycles. The Labute approximate surface area is 480 Å². The van der Waals surface area contributed by atoms with E-state index in [9.17, 15) is 0 Å². The number of fused-ring (bicyclic) bond motifs is 5. The van der Waals surface area contributed by atoms with Crippen molar-refractivity contribution in [1.82, 2.24) is 0 Å². The zero-order chi connectivity index (χ0) is 56.5. The Kier molecular flexibility index (Phi) is 12.6. The summed E-state index contributed by atoms with van der Waals surface area (Å²) in [7, 11) is 0. The fraction of sp³-hybridized carbons (Fsp3) is 0.299. The molecule has 2 nitrogen and oxygen atoms in total. The normalized spacial score (nSPS) is 15.5. The van der Waals surface area contributed by atoms with E-state index in [-0.39, 0.29) is 39.2 Å². The molecule has 2 aliphatic heterocycles. The third-order valence-corrected chi connectivity index (χ3v) is 18.7. The quantitative estimate of drug-likeness (QED) is 0.147. The van der Waals surface area contributed by atoms with E-state index < -0.39 is 0 Å². The van der Waals surface area contributed by atoms with Crippen LogP contribution in [0.1, 0.15) is 156 Å². The van der Waals surface area contributed by atoms with E-state index in [2.05, 4.69) is 308 Å². The molecule has 0 atom stereocenters. The molecule has 0 fully saturated rings. The topological polar surface area (TPSA) is 6.48 Å². The summed E-state index contributed by atoms with van der Waals surface area (Å²) >= 11 is 0. The molecule has 9 aromatic rings. The molecule has 0 amide bonds. The maximum absolute atomic E-state index is 2.73. The lowest BCUT2D eigenvalue weighted by atomic mass is 9.33. The molecule has 0 unspecified atom stereocenters. The summed E-state index contributed by atoms with van der Waals surface area (Å²) in [6, 6.07) is 75.2.